The van der Waals surface area contributed by atoms with Gasteiger partial charge in [-0.05, 0) is 24.3 Å². The van der Waals surface area contributed by atoms with Crippen LogP contribution < -0.4 is 4.74 Å². The molecule has 0 saturated carbocycles. The van der Waals surface area contributed by atoms with Crippen molar-refractivity contribution in [2.75, 3.05) is 0 Å². The molecule has 0 atom stereocenters. The number of nitro groups is 2. The van der Waals surface area contributed by atoms with Gasteiger partial charge >= 0.3 is 0 Å². The van der Waals surface area contributed by atoms with Crippen LogP contribution in [0.25, 0.3) is 12.2 Å². The van der Waals surface area contributed by atoms with Crippen LogP contribution in [0, 0.1) is 20.2 Å². The summed E-state index contributed by atoms with van der Waals surface area (Å²) in [6.45, 7) is 7.02. The summed E-state index contributed by atoms with van der Waals surface area (Å²) in [5.74, 6) is 0.394. The summed E-state index contributed by atoms with van der Waals surface area (Å²) in [5.41, 5.74) is 0.398. The van der Waals surface area contributed by atoms with E-state index in [1.807, 2.05) is 0 Å². The van der Waals surface area contributed by atoms with Crippen LogP contribution in [0.15, 0.2) is 49.6 Å². The Morgan fingerprint density at radius 2 is 1.22 bits per heavy atom. The van der Waals surface area contributed by atoms with E-state index < -0.39 is 9.85 Å². The SMILES string of the molecule is C=Cc1ccc(Oc2ccc(C=C)c([N+](=O)[O-])c2)cc1[N+](=O)[O-]. The van der Waals surface area contributed by atoms with Crippen molar-refractivity contribution in [3.63, 3.8) is 0 Å². The summed E-state index contributed by atoms with van der Waals surface area (Å²) in [7, 11) is 0. The molecule has 0 saturated heterocycles. The summed E-state index contributed by atoms with van der Waals surface area (Å²) in [6, 6.07) is 8.52. The van der Waals surface area contributed by atoms with Crippen LogP contribution in [0.4, 0.5) is 11.4 Å². The van der Waals surface area contributed by atoms with Gasteiger partial charge in [-0.2, -0.15) is 0 Å². The first-order valence-electron chi connectivity index (χ1n) is 6.46. The Morgan fingerprint density at radius 1 is 0.826 bits per heavy atom. The van der Waals surface area contributed by atoms with Gasteiger partial charge < -0.3 is 4.74 Å². The Labute approximate surface area is 131 Å². The molecule has 2 aromatic rings. The Hall–Kier alpha value is -3.48. The van der Waals surface area contributed by atoms with Gasteiger partial charge in [0.25, 0.3) is 11.4 Å². The van der Waals surface area contributed by atoms with E-state index in [0.29, 0.717) is 11.1 Å². The molecule has 0 bridgehead atoms. The predicted octanol–water partition coefficient (Wildman–Crippen LogP) is 4.58. The zero-order valence-electron chi connectivity index (χ0n) is 12.0. The van der Waals surface area contributed by atoms with Crippen LogP contribution in [-0.2, 0) is 0 Å². The average Bonchev–Trinajstić information content (AvgIpc) is 2.54. The minimum atomic E-state index is -0.548. The maximum Gasteiger partial charge on any atom is 0.280 e. The molecule has 0 heterocycles. The molecule has 0 aliphatic carbocycles. The first kappa shape index (κ1) is 15.9. The Kier molecular flexibility index (Phi) is 4.51. The van der Waals surface area contributed by atoms with E-state index in [0.717, 1.165) is 0 Å². The summed E-state index contributed by atoms with van der Waals surface area (Å²) in [5, 5.41) is 22.0. The lowest BCUT2D eigenvalue weighted by Crippen LogP contribution is -1.95. The van der Waals surface area contributed by atoms with Crippen molar-refractivity contribution >= 4 is 23.5 Å². The Balaban J connectivity index is 2.39. The van der Waals surface area contributed by atoms with Gasteiger partial charge in [0.05, 0.1) is 33.1 Å². The number of benzene rings is 2. The minimum Gasteiger partial charge on any atom is -0.457 e. The lowest BCUT2D eigenvalue weighted by Gasteiger charge is -2.07. The van der Waals surface area contributed by atoms with E-state index >= 15 is 0 Å². The zero-order valence-corrected chi connectivity index (χ0v) is 12.0. The Bertz CT molecular complexity index is 747. The third kappa shape index (κ3) is 3.41. The monoisotopic (exact) mass is 312 g/mol. The molecule has 2 rings (SSSR count). The minimum absolute atomic E-state index is 0.158. The Morgan fingerprint density at radius 3 is 1.52 bits per heavy atom. The molecule has 0 aliphatic heterocycles. The highest BCUT2D eigenvalue weighted by Gasteiger charge is 2.16. The molecule has 0 spiro atoms. The third-order valence-electron chi connectivity index (χ3n) is 3.07. The number of hydrogen-bond acceptors (Lipinski definition) is 5. The fourth-order valence-corrected chi connectivity index (χ4v) is 1.97. The average molecular weight is 312 g/mol. The molecular formula is C16H12N2O5. The normalized spacial score (nSPS) is 9.91. The molecule has 7 nitrogen and oxygen atoms in total. The topological polar surface area (TPSA) is 95.5 Å². The van der Waals surface area contributed by atoms with E-state index in [9.17, 15) is 20.2 Å². The highest BCUT2D eigenvalue weighted by Crippen LogP contribution is 2.32. The van der Waals surface area contributed by atoms with Gasteiger partial charge in [-0.1, -0.05) is 25.3 Å². The van der Waals surface area contributed by atoms with Crippen molar-refractivity contribution in [1.82, 2.24) is 0 Å². The lowest BCUT2D eigenvalue weighted by molar-refractivity contribution is -0.385. The van der Waals surface area contributed by atoms with Crippen molar-refractivity contribution in [3.8, 4) is 11.5 Å². The first-order valence-corrected chi connectivity index (χ1v) is 6.46. The quantitative estimate of drug-likeness (QED) is 0.574. The molecule has 2 aromatic carbocycles. The standard InChI is InChI=1S/C16H12N2O5/c1-3-11-5-7-13(9-15(11)17(19)20)23-14-8-6-12(4-2)16(10-14)18(21)22/h3-10H,1-2H2. The molecule has 116 valence electrons. The third-order valence-corrected chi connectivity index (χ3v) is 3.07. The number of nitrogens with zero attached hydrogens (tertiary/aromatic N) is 2. The van der Waals surface area contributed by atoms with E-state index in [2.05, 4.69) is 13.2 Å². The summed E-state index contributed by atoms with van der Waals surface area (Å²) in [4.78, 5) is 20.9. The van der Waals surface area contributed by atoms with Crippen LogP contribution in [0.1, 0.15) is 11.1 Å². The van der Waals surface area contributed by atoms with Gasteiger partial charge in [-0.15, -0.1) is 0 Å². The molecule has 23 heavy (non-hydrogen) atoms. The van der Waals surface area contributed by atoms with Crippen molar-refractivity contribution in [3.05, 3.63) is 80.9 Å². The molecule has 0 radical (unpaired) electrons. The highest BCUT2D eigenvalue weighted by atomic mass is 16.6. The van der Waals surface area contributed by atoms with Crippen molar-refractivity contribution in [1.29, 1.82) is 0 Å². The van der Waals surface area contributed by atoms with Crippen LogP contribution in [0.3, 0.4) is 0 Å². The van der Waals surface area contributed by atoms with Crippen LogP contribution in [0.5, 0.6) is 11.5 Å². The van der Waals surface area contributed by atoms with Gasteiger partial charge in [0, 0.05) is 0 Å². The summed E-state index contributed by atoms with van der Waals surface area (Å²) >= 11 is 0. The summed E-state index contributed by atoms with van der Waals surface area (Å²) < 4.78 is 5.48. The molecule has 0 aliphatic rings. The van der Waals surface area contributed by atoms with Gasteiger partial charge in [0.1, 0.15) is 11.5 Å². The molecule has 0 N–H and O–H groups in total. The zero-order chi connectivity index (χ0) is 17.0. The smallest absolute Gasteiger partial charge is 0.280 e. The van der Waals surface area contributed by atoms with Crippen LogP contribution in [0.2, 0.25) is 0 Å². The van der Waals surface area contributed by atoms with Crippen molar-refractivity contribution < 1.29 is 14.6 Å². The van der Waals surface area contributed by atoms with E-state index in [1.54, 1.807) is 0 Å². The van der Waals surface area contributed by atoms with Crippen LogP contribution >= 0.6 is 0 Å². The number of hydrogen-bond donors (Lipinski definition) is 0. The summed E-state index contributed by atoms with van der Waals surface area (Å²) in [6.07, 6.45) is 2.73. The number of rotatable bonds is 6. The van der Waals surface area contributed by atoms with Gasteiger partial charge in [0.15, 0.2) is 0 Å². The van der Waals surface area contributed by atoms with Crippen molar-refractivity contribution in [2.45, 2.75) is 0 Å². The van der Waals surface area contributed by atoms with Gasteiger partial charge in [-0.3, -0.25) is 20.2 Å². The predicted molar refractivity (Wildman–Crippen MR) is 86.4 cm³/mol. The molecule has 7 heteroatoms. The van der Waals surface area contributed by atoms with E-state index in [1.165, 1.54) is 48.6 Å². The fourth-order valence-electron chi connectivity index (χ4n) is 1.97. The molecule has 0 fully saturated rings. The maximum absolute atomic E-state index is 11.0. The second kappa shape index (κ2) is 6.52. The highest BCUT2D eigenvalue weighted by molar-refractivity contribution is 5.63. The van der Waals surface area contributed by atoms with Gasteiger partial charge in [0.2, 0.25) is 0 Å². The van der Waals surface area contributed by atoms with E-state index in [4.69, 9.17) is 4.74 Å². The number of ether oxygens (including phenoxy) is 1. The molecule has 0 unspecified atom stereocenters. The second-order valence-corrected chi connectivity index (χ2v) is 4.47. The second-order valence-electron chi connectivity index (χ2n) is 4.47. The number of nitro benzene ring substituents is 2. The molecule has 0 aromatic heterocycles. The van der Waals surface area contributed by atoms with E-state index in [-0.39, 0.29) is 22.9 Å². The van der Waals surface area contributed by atoms with Gasteiger partial charge in [-0.25, -0.2) is 0 Å². The first-order chi connectivity index (χ1) is 11.0. The maximum atomic E-state index is 11.0. The largest absolute Gasteiger partial charge is 0.457 e. The molecular weight excluding hydrogens is 300 g/mol. The van der Waals surface area contributed by atoms with Crippen LogP contribution in [-0.4, -0.2) is 9.85 Å². The fraction of sp³-hybridized carbons (Fsp3) is 0. The van der Waals surface area contributed by atoms with Crippen molar-refractivity contribution in [2.24, 2.45) is 0 Å². The lowest BCUT2D eigenvalue weighted by atomic mass is 10.1. The molecule has 0 amide bonds.